The highest BCUT2D eigenvalue weighted by Gasteiger charge is 2.42. The van der Waals surface area contributed by atoms with Crippen molar-refractivity contribution >= 4 is 63.5 Å². The third-order valence-corrected chi connectivity index (χ3v) is 8.63. The summed E-state index contributed by atoms with van der Waals surface area (Å²) in [4.78, 5) is 38.2. The zero-order chi connectivity index (χ0) is 29.4. The number of alkyl halides is 6. The summed E-state index contributed by atoms with van der Waals surface area (Å²) in [6.45, 7) is -0.0000527. The highest BCUT2D eigenvalue weighted by molar-refractivity contribution is 8.26. The van der Waals surface area contributed by atoms with Crippen LogP contribution < -0.4 is 5.32 Å². The van der Waals surface area contributed by atoms with Gasteiger partial charge in [0.2, 0.25) is 5.91 Å². The molecule has 2 atom stereocenters. The van der Waals surface area contributed by atoms with Crippen molar-refractivity contribution in [1.82, 2.24) is 10.2 Å². The predicted molar refractivity (Wildman–Crippen MR) is 141 cm³/mol. The minimum absolute atomic E-state index is 0.0000527. The van der Waals surface area contributed by atoms with Gasteiger partial charge in [-0.15, -0.1) is 11.3 Å². The zero-order valence-corrected chi connectivity index (χ0v) is 22.7. The monoisotopic (exact) mass is 622 g/mol. The summed E-state index contributed by atoms with van der Waals surface area (Å²) in [7, 11) is 0. The van der Waals surface area contributed by atoms with E-state index in [1.54, 1.807) is 0 Å². The molecule has 1 saturated heterocycles. The van der Waals surface area contributed by atoms with E-state index in [4.69, 9.17) is 17.3 Å². The van der Waals surface area contributed by atoms with Crippen LogP contribution in [0.5, 0.6) is 0 Å². The molecular weight excluding hydrogens is 602 g/mol. The van der Waals surface area contributed by atoms with E-state index in [0.29, 0.717) is 36.3 Å². The highest BCUT2D eigenvalue weighted by atomic mass is 32.2. The van der Waals surface area contributed by atoms with Gasteiger partial charge in [0.25, 0.3) is 5.91 Å². The number of thiocarbonyl (C=S) groups is 1. The predicted octanol–water partition coefficient (Wildman–Crippen LogP) is 6.41. The minimum Gasteiger partial charge on any atom is -0.481 e. The van der Waals surface area contributed by atoms with Gasteiger partial charge in [-0.25, -0.2) is 0 Å². The first-order valence-electron chi connectivity index (χ1n) is 11.8. The summed E-state index contributed by atoms with van der Waals surface area (Å²) < 4.78 is 79.8. The fraction of sp³-hybridized carbons (Fsp3) is 0.360. The summed E-state index contributed by atoms with van der Waals surface area (Å²) in [6, 6.07) is 2.43. The molecule has 2 fully saturated rings. The number of halogens is 6. The van der Waals surface area contributed by atoms with Crippen LogP contribution in [-0.2, 0) is 26.7 Å². The average Bonchev–Trinajstić information content (AvgIpc) is 3.57. The van der Waals surface area contributed by atoms with Crippen LogP contribution in [0.15, 0.2) is 34.6 Å². The Kier molecular flexibility index (Phi) is 8.66. The Morgan fingerprint density at radius 2 is 1.70 bits per heavy atom. The third kappa shape index (κ3) is 6.86. The van der Waals surface area contributed by atoms with Crippen molar-refractivity contribution < 1.29 is 45.8 Å². The van der Waals surface area contributed by atoms with Crippen LogP contribution in [0.4, 0.5) is 26.3 Å². The number of nitrogens with zero attached hydrogens (tertiary/aromatic N) is 1. The Bertz CT molecular complexity index is 1350. The van der Waals surface area contributed by atoms with Gasteiger partial charge in [0.05, 0.1) is 22.5 Å². The number of rotatable bonds is 7. The van der Waals surface area contributed by atoms with E-state index in [0.717, 1.165) is 23.1 Å². The summed E-state index contributed by atoms with van der Waals surface area (Å²) in [5.74, 6) is -2.13. The normalized spacial score (nSPS) is 20.9. The molecule has 2 aromatic rings. The van der Waals surface area contributed by atoms with E-state index < -0.39 is 41.3 Å². The standard InChI is InChI=1S/C25H20F6N2O4S3/c26-24(27,28)15-5-13(6-16(9-15)25(29,30)31)14-8-18(39-11-14)10-19-22(37)33(23(38)40-19)17-2-1-12(7-17)21(36)32-4-3-20(34)35/h5-6,8-12,17H,1-4,7H2,(H,32,36)(H,34,35)/b19-10-/t12-,17+/m0/s1. The van der Waals surface area contributed by atoms with E-state index in [2.05, 4.69) is 5.32 Å². The first kappa shape index (κ1) is 30.1. The summed E-state index contributed by atoms with van der Waals surface area (Å²) in [6.07, 6.45) is -7.32. The van der Waals surface area contributed by atoms with E-state index >= 15 is 0 Å². The van der Waals surface area contributed by atoms with Gasteiger partial charge in [0, 0.05) is 23.4 Å². The maximum absolute atomic E-state index is 13.2. The molecule has 1 aliphatic heterocycles. The van der Waals surface area contributed by atoms with Crippen molar-refractivity contribution in [2.45, 2.75) is 44.1 Å². The molecule has 1 saturated carbocycles. The molecule has 1 aliphatic carbocycles. The molecule has 0 spiro atoms. The van der Waals surface area contributed by atoms with Crippen molar-refractivity contribution in [2.75, 3.05) is 6.54 Å². The number of carboxylic acids is 1. The number of aliphatic carboxylic acids is 1. The maximum Gasteiger partial charge on any atom is 0.416 e. The Hall–Kier alpha value is -2.91. The number of thioether (sulfide) groups is 1. The van der Waals surface area contributed by atoms with Crippen LogP contribution in [0, 0.1) is 5.92 Å². The number of nitrogens with one attached hydrogen (secondary N) is 1. The van der Waals surface area contributed by atoms with Gasteiger partial charge < -0.3 is 10.4 Å². The minimum atomic E-state index is -4.97. The lowest BCUT2D eigenvalue weighted by atomic mass is 10.0. The molecule has 2 amide bonds. The van der Waals surface area contributed by atoms with Crippen molar-refractivity contribution in [2.24, 2.45) is 5.92 Å². The number of amides is 2. The van der Waals surface area contributed by atoms with Crippen LogP contribution in [0.2, 0.25) is 0 Å². The van der Waals surface area contributed by atoms with Crippen molar-refractivity contribution in [3.8, 4) is 11.1 Å². The molecule has 2 heterocycles. The molecule has 1 aromatic carbocycles. The van der Waals surface area contributed by atoms with Gasteiger partial charge in [-0.1, -0.05) is 24.0 Å². The van der Waals surface area contributed by atoms with E-state index in [9.17, 15) is 40.7 Å². The first-order chi connectivity index (χ1) is 18.6. The quantitative estimate of drug-likeness (QED) is 0.211. The lowest BCUT2D eigenvalue weighted by Gasteiger charge is -2.22. The maximum atomic E-state index is 13.2. The zero-order valence-electron chi connectivity index (χ0n) is 20.3. The Balaban J connectivity index is 1.49. The molecule has 6 nitrogen and oxygen atoms in total. The number of thiophene rings is 1. The molecular formula is C25H20F6N2O4S3. The summed E-state index contributed by atoms with van der Waals surface area (Å²) in [5.41, 5.74) is -2.96. The molecule has 15 heteroatoms. The second kappa shape index (κ2) is 11.5. The van der Waals surface area contributed by atoms with Crippen molar-refractivity contribution in [3.05, 3.63) is 50.6 Å². The van der Waals surface area contributed by atoms with Crippen LogP contribution in [0.1, 0.15) is 41.7 Å². The number of carbonyl (C=O) groups excluding carboxylic acids is 2. The molecule has 4 rings (SSSR count). The fourth-order valence-electron chi connectivity index (χ4n) is 4.49. The SMILES string of the molecule is O=C(O)CCNC(=O)[C@H]1CC[C@@H](N2C(=O)/C(=C/c3cc(-c4cc(C(F)(F)F)cc(C(F)(F)F)c4)cs3)SC2=S)C1. The van der Waals surface area contributed by atoms with E-state index in [1.165, 1.54) is 22.4 Å². The molecule has 214 valence electrons. The largest absolute Gasteiger partial charge is 0.481 e. The second-order valence-corrected chi connectivity index (χ2v) is 11.8. The number of carboxylic acid groups (broad SMARTS) is 1. The van der Waals surface area contributed by atoms with Gasteiger partial charge in [-0.2, -0.15) is 26.3 Å². The van der Waals surface area contributed by atoms with Gasteiger partial charge >= 0.3 is 18.3 Å². The average molecular weight is 623 g/mol. The van der Waals surface area contributed by atoms with E-state index in [-0.39, 0.29) is 51.3 Å². The first-order valence-corrected chi connectivity index (χ1v) is 13.9. The molecule has 0 bridgehead atoms. The van der Waals surface area contributed by atoms with Gasteiger partial charge in [-0.05, 0) is 66.1 Å². The smallest absolute Gasteiger partial charge is 0.416 e. The Morgan fingerprint density at radius 3 is 2.30 bits per heavy atom. The highest BCUT2D eigenvalue weighted by Crippen LogP contribution is 2.42. The van der Waals surface area contributed by atoms with Crippen molar-refractivity contribution in [1.29, 1.82) is 0 Å². The number of hydrogen-bond donors (Lipinski definition) is 2. The van der Waals surface area contributed by atoms with Crippen LogP contribution in [-0.4, -0.2) is 44.7 Å². The number of hydrogen-bond acceptors (Lipinski definition) is 6. The van der Waals surface area contributed by atoms with Crippen molar-refractivity contribution in [3.63, 3.8) is 0 Å². The molecule has 1 aromatic heterocycles. The summed E-state index contributed by atoms with van der Waals surface area (Å²) in [5, 5.41) is 12.7. The van der Waals surface area contributed by atoms with Gasteiger partial charge in [-0.3, -0.25) is 19.3 Å². The van der Waals surface area contributed by atoms with E-state index in [1.807, 2.05) is 0 Å². The van der Waals surface area contributed by atoms with Crippen LogP contribution in [0.3, 0.4) is 0 Å². The molecule has 40 heavy (non-hydrogen) atoms. The van der Waals surface area contributed by atoms with Crippen LogP contribution in [0.25, 0.3) is 17.2 Å². The second-order valence-electron chi connectivity index (χ2n) is 9.18. The molecule has 0 unspecified atom stereocenters. The number of benzene rings is 1. The van der Waals surface area contributed by atoms with Crippen LogP contribution >= 0.6 is 35.3 Å². The van der Waals surface area contributed by atoms with Gasteiger partial charge in [0.1, 0.15) is 4.32 Å². The third-order valence-electron chi connectivity index (χ3n) is 6.42. The molecule has 2 aliphatic rings. The van der Waals surface area contributed by atoms with Gasteiger partial charge in [0.15, 0.2) is 0 Å². The number of carbonyl (C=O) groups is 3. The molecule has 2 N–H and O–H groups in total. The Morgan fingerprint density at radius 1 is 1.05 bits per heavy atom. The summed E-state index contributed by atoms with van der Waals surface area (Å²) >= 11 is 7.45. The topological polar surface area (TPSA) is 86.7 Å². The lowest BCUT2D eigenvalue weighted by molar-refractivity contribution is -0.143. The molecule has 0 radical (unpaired) electrons. The Labute approximate surface area is 237 Å². The lowest BCUT2D eigenvalue weighted by Crippen LogP contribution is -2.38. The fourth-order valence-corrected chi connectivity index (χ4v) is 6.81.